The lowest BCUT2D eigenvalue weighted by Gasteiger charge is -2.42. The van der Waals surface area contributed by atoms with Crippen LogP contribution in [0.25, 0.3) is 0 Å². The van der Waals surface area contributed by atoms with E-state index in [1.807, 2.05) is 0 Å². The fourth-order valence-corrected chi connectivity index (χ4v) is 2.54. The van der Waals surface area contributed by atoms with E-state index in [0.717, 1.165) is 12.0 Å². The first-order chi connectivity index (χ1) is 9.10. The maximum atomic E-state index is 13.2. The molecule has 1 fully saturated rings. The third kappa shape index (κ3) is 2.87. The summed E-state index contributed by atoms with van der Waals surface area (Å²) in [7, 11) is 0. The Hall–Kier alpha value is -1.62. The van der Waals surface area contributed by atoms with Gasteiger partial charge in [0.2, 0.25) is 0 Å². The molecule has 4 N–H and O–H groups in total. The summed E-state index contributed by atoms with van der Waals surface area (Å²) < 4.78 is 13.2. The van der Waals surface area contributed by atoms with Crippen LogP contribution in [0.1, 0.15) is 43.7 Å². The van der Waals surface area contributed by atoms with Crippen molar-refractivity contribution in [1.29, 1.82) is 0 Å². The van der Waals surface area contributed by atoms with E-state index in [9.17, 15) is 4.39 Å². The summed E-state index contributed by atoms with van der Waals surface area (Å²) in [6.45, 7) is 2.76. The molecule has 19 heavy (non-hydrogen) atoms. The molecule has 0 spiro atoms. The van der Waals surface area contributed by atoms with Gasteiger partial charge in [0.15, 0.2) is 5.84 Å². The van der Waals surface area contributed by atoms with E-state index < -0.39 is 0 Å². The summed E-state index contributed by atoms with van der Waals surface area (Å²) in [6.07, 6.45) is 4.66. The zero-order valence-corrected chi connectivity index (χ0v) is 11.1. The number of hydrogen-bond donors (Lipinski definition) is 3. The largest absolute Gasteiger partial charge is 0.409 e. The third-order valence-electron chi connectivity index (χ3n) is 4.10. The van der Waals surface area contributed by atoms with Crippen LogP contribution in [-0.2, 0) is 6.54 Å². The number of hydrogen-bond acceptors (Lipinski definition) is 3. The van der Waals surface area contributed by atoms with E-state index in [1.54, 1.807) is 6.07 Å². The number of nitrogens with one attached hydrogen (secondary N) is 1. The van der Waals surface area contributed by atoms with Crippen LogP contribution in [0.2, 0.25) is 0 Å². The van der Waals surface area contributed by atoms with Crippen LogP contribution in [-0.4, -0.2) is 16.6 Å². The lowest BCUT2D eigenvalue weighted by molar-refractivity contribution is 0.175. The smallest absolute Gasteiger partial charge is 0.170 e. The Morgan fingerprint density at radius 2 is 2.26 bits per heavy atom. The van der Waals surface area contributed by atoms with Crippen LogP contribution in [0.5, 0.6) is 0 Å². The number of oxime groups is 1. The van der Waals surface area contributed by atoms with Gasteiger partial charge in [0.1, 0.15) is 5.82 Å². The van der Waals surface area contributed by atoms with Crippen LogP contribution in [0.4, 0.5) is 4.39 Å². The SMILES string of the molecule is CCC1(NCc2ccc(F)cc2/C(N)=N/O)CCC1. The second-order valence-corrected chi connectivity index (χ2v) is 5.13. The van der Waals surface area contributed by atoms with E-state index in [1.165, 1.54) is 31.4 Å². The van der Waals surface area contributed by atoms with E-state index in [0.29, 0.717) is 12.1 Å². The fourth-order valence-electron chi connectivity index (χ4n) is 2.54. The molecule has 1 saturated carbocycles. The van der Waals surface area contributed by atoms with Crippen LogP contribution in [0.15, 0.2) is 23.4 Å². The summed E-state index contributed by atoms with van der Waals surface area (Å²) in [5.74, 6) is -0.449. The standard InChI is InChI=1S/C14H20FN3O/c1-2-14(6-3-7-14)17-9-10-4-5-11(15)8-12(10)13(16)18-19/h4-5,8,17,19H,2-3,6-7,9H2,1H3,(H2,16,18). The number of nitrogens with two attached hydrogens (primary N) is 1. The number of amidine groups is 1. The van der Waals surface area contributed by atoms with Crippen LogP contribution in [0, 0.1) is 5.82 Å². The molecule has 104 valence electrons. The van der Waals surface area contributed by atoms with Gasteiger partial charge in [0, 0.05) is 17.6 Å². The molecule has 0 radical (unpaired) electrons. The van der Waals surface area contributed by atoms with Crippen LogP contribution < -0.4 is 11.1 Å². The molecular weight excluding hydrogens is 245 g/mol. The molecule has 0 aromatic heterocycles. The topological polar surface area (TPSA) is 70.6 Å². The average molecular weight is 265 g/mol. The lowest BCUT2D eigenvalue weighted by atomic mass is 9.74. The fraction of sp³-hybridized carbons (Fsp3) is 0.500. The van der Waals surface area contributed by atoms with Gasteiger partial charge in [0.05, 0.1) is 0 Å². The minimum Gasteiger partial charge on any atom is -0.409 e. The van der Waals surface area contributed by atoms with Gasteiger partial charge in [-0.3, -0.25) is 0 Å². The molecule has 5 heteroatoms. The molecule has 0 amide bonds. The maximum Gasteiger partial charge on any atom is 0.170 e. The van der Waals surface area contributed by atoms with Crippen LogP contribution >= 0.6 is 0 Å². The monoisotopic (exact) mass is 265 g/mol. The predicted octanol–water partition coefficient (Wildman–Crippen LogP) is 2.34. The first-order valence-corrected chi connectivity index (χ1v) is 6.61. The van der Waals surface area contributed by atoms with Crippen molar-refractivity contribution in [3.05, 3.63) is 35.1 Å². The van der Waals surface area contributed by atoms with E-state index in [2.05, 4.69) is 17.4 Å². The highest BCUT2D eigenvalue weighted by Crippen LogP contribution is 2.34. The van der Waals surface area contributed by atoms with E-state index >= 15 is 0 Å². The minimum absolute atomic E-state index is 0.0598. The minimum atomic E-state index is -0.390. The van der Waals surface area contributed by atoms with Gasteiger partial charge < -0.3 is 16.3 Å². The summed E-state index contributed by atoms with van der Waals surface area (Å²) in [4.78, 5) is 0. The molecule has 1 aliphatic rings. The highest BCUT2D eigenvalue weighted by atomic mass is 19.1. The van der Waals surface area contributed by atoms with E-state index in [-0.39, 0.29) is 17.2 Å². The molecule has 0 heterocycles. The first kappa shape index (κ1) is 13.8. The van der Waals surface area contributed by atoms with Crippen molar-refractivity contribution >= 4 is 5.84 Å². The molecular formula is C14H20FN3O. The Kier molecular flexibility index (Phi) is 4.04. The molecule has 0 saturated heterocycles. The predicted molar refractivity (Wildman–Crippen MR) is 72.6 cm³/mol. The summed E-state index contributed by atoms with van der Waals surface area (Å²) >= 11 is 0. The van der Waals surface area contributed by atoms with Crippen molar-refractivity contribution in [2.45, 2.75) is 44.7 Å². The van der Waals surface area contributed by atoms with Gasteiger partial charge in [-0.15, -0.1) is 0 Å². The molecule has 2 rings (SSSR count). The number of rotatable bonds is 5. The van der Waals surface area contributed by atoms with Gasteiger partial charge in [0.25, 0.3) is 0 Å². The molecule has 0 atom stereocenters. The number of benzene rings is 1. The van der Waals surface area contributed by atoms with Crippen LogP contribution in [0.3, 0.4) is 0 Å². The zero-order valence-electron chi connectivity index (χ0n) is 11.1. The molecule has 1 aliphatic carbocycles. The van der Waals surface area contributed by atoms with Gasteiger partial charge in [-0.05, 0) is 43.4 Å². The van der Waals surface area contributed by atoms with Crippen molar-refractivity contribution in [1.82, 2.24) is 5.32 Å². The average Bonchev–Trinajstić information content (AvgIpc) is 2.38. The number of halogens is 1. The second-order valence-electron chi connectivity index (χ2n) is 5.13. The van der Waals surface area contributed by atoms with Gasteiger partial charge in [-0.1, -0.05) is 18.1 Å². The molecule has 0 aliphatic heterocycles. The maximum absolute atomic E-state index is 13.2. The highest BCUT2D eigenvalue weighted by Gasteiger charge is 2.34. The Morgan fingerprint density at radius 1 is 1.53 bits per heavy atom. The molecule has 1 aromatic carbocycles. The van der Waals surface area contributed by atoms with E-state index in [4.69, 9.17) is 10.9 Å². The number of nitrogens with zero attached hydrogens (tertiary/aromatic N) is 1. The van der Waals surface area contributed by atoms with Gasteiger partial charge in [-0.2, -0.15) is 0 Å². The lowest BCUT2D eigenvalue weighted by Crippen LogP contribution is -2.50. The highest BCUT2D eigenvalue weighted by molar-refractivity contribution is 5.98. The Labute approximate surface area is 112 Å². The van der Waals surface area contributed by atoms with Gasteiger partial charge in [-0.25, -0.2) is 4.39 Å². The molecule has 4 nitrogen and oxygen atoms in total. The van der Waals surface area contributed by atoms with Crippen molar-refractivity contribution in [3.8, 4) is 0 Å². The normalized spacial score (nSPS) is 18.1. The Balaban J connectivity index is 2.15. The van der Waals surface area contributed by atoms with Gasteiger partial charge >= 0.3 is 0 Å². The van der Waals surface area contributed by atoms with Crippen molar-refractivity contribution in [3.63, 3.8) is 0 Å². The molecule has 0 bridgehead atoms. The zero-order chi connectivity index (χ0) is 13.9. The Bertz CT molecular complexity index is 478. The second kappa shape index (κ2) is 5.57. The summed E-state index contributed by atoms with van der Waals surface area (Å²) in [5, 5.41) is 15.2. The first-order valence-electron chi connectivity index (χ1n) is 6.61. The molecule has 0 unspecified atom stereocenters. The third-order valence-corrected chi connectivity index (χ3v) is 4.10. The van der Waals surface area contributed by atoms with Crippen molar-refractivity contribution in [2.24, 2.45) is 10.9 Å². The molecule has 1 aromatic rings. The summed E-state index contributed by atoms with van der Waals surface area (Å²) in [6, 6.07) is 4.37. The quantitative estimate of drug-likeness (QED) is 0.331. The van der Waals surface area contributed by atoms with Crippen molar-refractivity contribution in [2.75, 3.05) is 0 Å². The van der Waals surface area contributed by atoms with Crippen molar-refractivity contribution < 1.29 is 9.60 Å². The summed E-state index contributed by atoms with van der Waals surface area (Å²) in [5.41, 5.74) is 7.08. The Morgan fingerprint density at radius 3 is 2.79 bits per heavy atom.